The van der Waals surface area contributed by atoms with Crippen LogP contribution in [0.3, 0.4) is 0 Å². The van der Waals surface area contributed by atoms with Gasteiger partial charge in [0.25, 0.3) is 0 Å². The monoisotopic (exact) mass is 209 g/mol. The molecule has 0 spiro atoms. The van der Waals surface area contributed by atoms with Gasteiger partial charge in [-0.1, -0.05) is 18.5 Å². The van der Waals surface area contributed by atoms with Crippen LogP contribution in [-0.4, -0.2) is 17.1 Å². The highest BCUT2D eigenvalue weighted by molar-refractivity contribution is 6.31. The minimum absolute atomic E-state index is 0.381. The Hall–Kier alpha value is -0.610. The van der Waals surface area contributed by atoms with Crippen LogP contribution < -0.4 is 5.43 Å². The molecule has 0 aromatic rings. The van der Waals surface area contributed by atoms with Crippen molar-refractivity contribution < 1.29 is 4.74 Å². The number of hydrogen-bond acceptors (Lipinski definition) is 4. The van der Waals surface area contributed by atoms with E-state index in [1.807, 2.05) is 6.92 Å². The van der Waals surface area contributed by atoms with E-state index in [1.54, 1.807) is 6.08 Å². The fourth-order valence-electron chi connectivity index (χ4n) is 0.646. The maximum Gasteiger partial charge on any atom is 0.237 e. The Balaban J connectivity index is 2.51. The van der Waals surface area contributed by atoms with Crippen molar-refractivity contribution in [3.8, 4) is 0 Å². The molecule has 0 aromatic heterocycles. The average molecular weight is 210 g/mol. The number of halogens is 2. The van der Waals surface area contributed by atoms with E-state index in [4.69, 9.17) is 28.1 Å². The van der Waals surface area contributed by atoms with E-state index >= 15 is 0 Å². The number of hydrazine groups is 1. The molecule has 0 aromatic carbocycles. The lowest BCUT2D eigenvalue weighted by Crippen LogP contribution is -2.28. The molecule has 0 atom stereocenters. The van der Waals surface area contributed by atoms with Gasteiger partial charge in [0.15, 0.2) is 0 Å². The number of hydrazone groups is 1. The van der Waals surface area contributed by atoms with E-state index in [0.717, 1.165) is 11.1 Å². The molecule has 1 rings (SSSR count). The molecule has 0 amide bonds. The van der Waals surface area contributed by atoms with Gasteiger partial charge in [0.2, 0.25) is 5.90 Å². The van der Waals surface area contributed by atoms with Crippen LogP contribution in [0, 0.1) is 0 Å². The summed E-state index contributed by atoms with van der Waals surface area (Å²) in [6.45, 7) is 2.61. The van der Waals surface area contributed by atoms with E-state index in [0.29, 0.717) is 17.7 Å². The zero-order chi connectivity index (χ0) is 8.97. The van der Waals surface area contributed by atoms with E-state index in [-0.39, 0.29) is 0 Å². The van der Waals surface area contributed by atoms with Crippen molar-refractivity contribution in [1.29, 1.82) is 0 Å². The normalized spacial score (nSPS) is 16.4. The molecule has 0 bridgehead atoms. The summed E-state index contributed by atoms with van der Waals surface area (Å²) in [5.41, 5.74) is 2.54. The number of nitrogens with one attached hydrogen (secondary N) is 1. The number of rotatable bonds is 2. The lowest BCUT2D eigenvalue weighted by atomic mass is 10.5. The van der Waals surface area contributed by atoms with Gasteiger partial charge >= 0.3 is 0 Å². The Bertz CT molecular complexity index is 217. The molecule has 0 aliphatic carbocycles. The SMILES string of the molecule is CCCOC1=NN(Cl)NC(Cl)=C1. The smallest absolute Gasteiger partial charge is 0.237 e. The topological polar surface area (TPSA) is 36.9 Å². The zero-order valence-electron chi connectivity index (χ0n) is 6.55. The summed E-state index contributed by atoms with van der Waals surface area (Å²) in [7, 11) is 0. The van der Waals surface area contributed by atoms with Crippen molar-refractivity contribution in [1.82, 2.24) is 10.1 Å². The third-order valence-corrected chi connectivity index (χ3v) is 1.44. The Kier molecular flexibility index (Phi) is 3.49. The van der Waals surface area contributed by atoms with Crippen LogP contribution in [0.2, 0.25) is 0 Å². The average Bonchev–Trinajstić information content (AvgIpc) is 1.99. The molecule has 1 aliphatic rings. The molecule has 0 radical (unpaired) electrons. The quantitative estimate of drug-likeness (QED) is 0.557. The molecule has 12 heavy (non-hydrogen) atoms. The molecular formula is C6H9Cl2N3O. The molecule has 0 unspecified atom stereocenters. The van der Waals surface area contributed by atoms with Gasteiger partial charge in [-0.25, -0.2) is 0 Å². The summed E-state index contributed by atoms with van der Waals surface area (Å²) < 4.78 is 6.18. The molecule has 0 fully saturated rings. The summed E-state index contributed by atoms with van der Waals surface area (Å²) in [4.78, 5) is 0. The summed E-state index contributed by atoms with van der Waals surface area (Å²) in [6.07, 6.45) is 2.48. The molecular weight excluding hydrogens is 201 g/mol. The van der Waals surface area contributed by atoms with Crippen LogP contribution in [0.25, 0.3) is 0 Å². The standard InChI is InChI=1S/C6H9Cl2N3O/c1-2-3-12-6-4-5(7)9-11(8)10-6/h4,9H,2-3H2,1H3. The number of hydrogen-bond donors (Lipinski definition) is 1. The lowest BCUT2D eigenvalue weighted by molar-refractivity contribution is 0.284. The highest BCUT2D eigenvalue weighted by atomic mass is 35.5. The third kappa shape index (κ3) is 2.79. The predicted molar refractivity (Wildman–Crippen MR) is 48.4 cm³/mol. The van der Waals surface area contributed by atoms with Crippen molar-refractivity contribution in [2.75, 3.05) is 6.61 Å². The first-order valence-electron chi connectivity index (χ1n) is 3.53. The minimum Gasteiger partial charge on any atom is -0.477 e. The molecule has 4 nitrogen and oxygen atoms in total. The second kappa shape index (κ2) is 4.42. The lowest BCUT2D eigenvalue weighted by Gasteiger charge is -2.17. The van der Waals surface area contributed by atoms with Gasteiger partial charge in [-0.15, -0.1) is 9.74 Å². The maximum absolute atomic E-state index is 5.65. The summed E-state index contributed by atoms with van der Waals surface area (Å²) in [5, 5.41) is 4.17. The predicted octanol–water partition coefficient (Wildman–Crippen LogP) is 1.78. The van der Waals surface area contributed by atoms with Gasteiger partial charge in [-0.3, -0.25) is 5.43 Å². The zero-order valence-corrected chi connectivity index (χ0v) is 8.06. The van der Waals surface area contributed by atoms with Crippen molar-refractivity contribution in [2.45, 2.75) is 13.3 Å². The van der Waals surface area contributed by atoms with E-state index in [2.05, 4.69) is 10.5 Å². The molecule has 1 N–H and O–H groups in total. The maximum atomic E-state index is 5.65. The molecule has 0 saturated carbocycles. The fourth-order valence-corrected chi connectivity index (χ4v) is 1.03. The molecule has 6 heteroatoms. The van der Waals surface area contributed by atoms with E-state index in [9.17, 15) is 0 Å². The minimum atomic E-state index is 0.381. The van der Waals surface area contributed by atoms with Crippen LogP contribution in [0.4, 0.5) is 0 Å². The Morgan fingerprint density at radius 3 is 3.08 bits per heavy atom. The fraction of sp³-hybridized carbons (Fsp3) is 0.500. The van der Waals surface area contributed by atoms with Gasteiger partial charge < -0.3 is 4.74 Å². The molecule has 1 heterocycles. The first kappa shape index (κ1) is 9.48. The Morgan fingerprint density at radius 1 is 1.75 bits per heavy atom. The van der Waals surface area contributed by atoms with Crippen LogP contribution in [0.1, 0.15) is 13.3 Å². The highest BCUT2D eigenvalue weighted by Gasteiger charge is 2.09. The van der Waals surface area contributed by atoms with Crippen molar-refractivity contribution in [3.05, 3.63) is 11.2 Å². The first-order chi connectivity index (χ1) is 5.72. The van der Waals surface area contributed by atoms with Gasteiger partial charge in [0, 0.05) is 6.08 Å². The Morgan fingerprint density at radius 2 is 2.50 bits per heavy atom. The summed E-state index contributed by atoms with van der Waals surface area (Å²) >= 11 is 11.2. The van der Waals surface area contributed by atoms with E-state index in [1.165, 1.54) is 0 Å². The van der Waals surface area contributed by atoms with Gasteiger partial charge in [0.1, 0.15) is 5.16 Å². The van der Waals surface area contributed by atoms with Gasteiger partial charge in [0.05, 0.1) is 18.4 Å². The van der Waals surface area contributed by atoms with Crippen LogP contribution in [-0.2, 0) is 4.74 Å². The van der Waals surface area contributed by atoms with Gasteiger partial charge in [-0.05, 0) is 6.42 Å². The number of ether oxygens (including phenoxy) is 1. The van der Waals surface area contributed by atoms with Crippen molar-refractivity contribution in [3.63, 3.8) is 0 Å². The Labute approximate surface area is 80.8 Å². The summed E-state index contributed by atoms with van der Waals surface area (Å²) in [6, 6.07) is 0. The van der Waals surface area contributed by atoms with Crippen LogP contribution >= 0.6 is 23.4 Å². The van der Waals surface area contributed by atoms with Crippen LogP contribution in [0.5, 0.6) is 0 Å². The van der Waals surface area contributed by atoms with E-state index < -0.39 is 0 Å². The second-order valence-corrected chi connectivity index (χ2v) is 2.88. The second-order valence-electron chi connectivity index (χ2n) is 2.15. The van der Waals surface area contributed by atoms with Crippen molar-refractivity contribution in [2.24, 2.45) is 5.10 Å². The highest BCUT2D eigenvalue weighted by Crippen LogP contribution is 2.08. The molecule has 68 valence electrons. The molecule has 1 aliphatic heterocycles. The first-order valence-corrected chi connectivity index (χ1v) is 4.25. The van der Waals surface area contributed by atoms with Crippen molar-refractivity contribution >= 4 is 29.3 Å². The van der Waals surface area contributed by atoms with Crippen LogP contribution in [0.15, 0.2) is 16.3 Å². The molecule has 0 saturated heterocycles. The number of nitrogens with zero attached hydrogens (tertiary/aromatic N) is 2. The largest absolute Gasteiger partial charge is 0.477 e. The van der Waals surface area contributed by atoms with Gasteiger partial charge in [-0.2, -0.15) is 0 Å². The summed E-state index contributed by atoms with van der Waals surface area (Å²) in [5.74, 6) is 0.413. The third-order valence-electron chi connectivity index (χ3n) is 1.09.